The molecule has 1 N–H and O–H groups in total. The Morgan fingerprint density at radius 1 is 1.05 bits per heavy atom. The van der Waals surface area contributed by atoms with E-state index in [4.69, 9.17) is 0 Å². The van der Waals surface area contributed by atoms with Gasteiger partial charge in [0.25, 0.3) is 0 Å². The monoisotopic (exact) mass is 514 g/mol. The Bertz CT molecular complexity index is 1720. The van der Waals surface area contributed by atoms with Crippen molar-refractivity contribution in [2.45, 2.75) is 19.5 Å². The third kappa shape index (κ3) is 5.27. The number of fused-ring (bicyclic) bond motifs is 1. The number of carbonyl (C=O) groups excluding carboxylic acids is 1. The fourth-order valence-corrected chi connectivity index (χ4v) is 3.93. The number of halogens is 3. The summed E-state index contributed by atoms with van der Waals surface area (Å²) in [6.45, 7) is 1.87. The predicted octanol–water partition coefficient (Wildman–Crippen LogP) is 5.36. The Balaban J connectivity index is 1.39. The first-order valence-corrected chi connectivity index (χ1v) is 11.6. The van der Waals surface area contributed by atoms with Gasteiger partial charge in [0.05, 0.1) is 35.5 Å². The number of Topliss-reactive ketones (excluding diaryl/α,β-unsaturated/α-hetero) is 1. The highest BCUT2D eigenvalue weighted by Gasteiger charge is 2.30. The second-order valence-electron chi connectivity index (χ2n) is 8.73. The minimum absolute atomic E-state index is 0.149. The normalized spacial score (nSPS) is 11.3. The molecule has 0 radical (unpaired) electrons. The average Bonchev–Trinajstić information content (AvgIpc) is 3.49. The van der Waals surface area contributed by atoms with Crippen LogP contribution in [0.15, 0.2) is 73.3 Å². The molecule has 3 aromatic heterocycles. The molecule has 38 heavy (non-hydrogen) atoms. The molecule has 10 heteroatoms. The molecule has 0 saturated heterocycles. The number of aromatic nitrogens is 5. The van der Waals surface area contributed by atoms with Gasteiger partial charge in [0, 0.05) is 30.8 Å². The van der Waals surface area contributed by atoms with Gasteiger partial charge >= 0.3 is 6.18 Å². The first-order chi connectivity index (χ1) is 18.2. The molecule has 0 aliphatic carbocycles. The molecule has 0 unspecified atom stereocenters. The number of nitrogens with one attached hydrogen (secondary N) is 1. The quantitative estimate of drug-likeness (QED) is 0.253. The highest BCUT2D eigenvalue weighted by Crippen LogP contribution is 2.30. The maximum Gasteiger partial charge on any atom is 0.416 e. The molecule has 0 amide bonds. The summed E-state index contributed by atoms with van der Waals surface area (Å²) in [4.78, 5) is 17.3. The van der Waals surface area contributed by atoms with Crippen LogP contribution in [0.5, 0.6) is 0 Å². The fourth-order valence-electron chi connectivity index (χ4n) is 3.93. The van der Waals surface area contributed by atoms with Crippen LogP contribution >= 0.6 is 0 Å². The molecule has 0 saturated carbocycles. The number of hydrogen-bond acceptors (Lipinski definition) is 5. The minimum atomic E-state index is -4.46. The first kappa shape index (κ1) is 24.8. The second kappa shape index (κ2) is 9.86. The molecular formula is C28H21F3N6O. The van der Waals surface area contributed by atoms with E-state index in [9.17, 15) is 18.0 Å². The molecule has 0 fully saturated rings. The molecule has 190 valence electrons. The Kier molecular flexibility index (Phi) is 6.43. The van der Waals surface area contributed by atoms with Crippen LogP contribution in [0.1, 0.15) is 38.3 Å². The number of anilines is 2. The highest BCUT2D eigenvalue weighted by molar-refractivity contribution is 5.98. The number of nitrogens with zero attached hydrogens (tertiary/aromatic N) is 5. The fraction of sp³-hybridized carbons (Fsp3) is 0.143. The largest absolute Gasteiger partial charge is 0.416 e. The average molecular weight is 515 g/mol. The van der Waals surface area contributed by atoms with Gasteiger partial charge in [-0.2, -0.15) is 23.4 Å². The third-order valence-electron chi connectivity index (χ3n) is 5.89. The van der Waals surface area contributed by atoms with Crippen molar-refractivity contribution in [3.63, 3.8) is 0 Å². The highest BCUT2D eigenvalue weighted by atomic mass is 19.4. The Morgan fingerprint density at radius 2 is 1.89 bits per heavy atom. The van der Waals surface area contributed by atoms with E-state index in [0.29, 0.717) is 28.0 Å². The molecule has 7 nitrogen and oxygen atoms in total. The van der Waals surface area contributed by atoms with Crippen molar-refractivity contribution >= 4 is 22.8 Å². The molecule has 5 rings (SSSR count). The van der Waals surface area contributed by atoms with Crippen molar-refractivity contribution in [1.29, 1.82) is 0 Å². The maximum atomic E-state index is 13.0. The number of ketones is 1. The molecule has 5 aromatic rings. The van der Waals surface area contributed by atoms with E-state index in [1.54, 1.807) is 52.1 Å². The number of benzene rings is 2. The van der Waals surface area contributed by atoms with Gasteiger partial charge in [-0.3, -0.25) is 9.48 Å². The predicted molar refractivity (Wildman–Crippen MR) is 136 cm³/mol. The van der Waals surface area contributed by atoms with E-state index in [0.717, 1.165) is 29.1 Å². The van der Waals surface area contributed by atoms with Crippen LogP contribution in [0.25, 0.3) is 5.65 Å². The summed E-state index contributed by atoms with van der Waals surface area (Å²) in [5.41, 5.74) is 4.05. The van der Waals surface area contributed by atoms with Crippen molar-refractivity contribution < 1.29 is 18.0 Å². The van der Waals surface area contributed by atoms with Crippen molar-refractivity contribution in [2.75, 3.05) is 5.32 Å². The molecule has 2 aromatic carbocycles. The molecule has 0 aliphatic heterocycles. The molecular weight excluding hydrogens is 493 g/mol. The number of hydrogen-bond donors (Lipinski definition) is 1. The molecule has 3 heterocycles. The lowest BCUT2D eigenvalue weighted by atomic mass is 9.98. The van der Waals surface area contributed by atoms with E-state index in [2.05, 4.69) is 32.3 Å². The van der Waals surface area contributed by atoms with E-state index >= 15 is 0 Å². The van der Waals surface area contributed by atoms with Crippen molar-refractivity contribution in [3.05, 3.63) is 107 Å². The number of carbonyl (C=O) groups is 1. The molecule has 0 spiro atoms. The van der Waals surface area contributed by atoms with Crippen LogP contribution in [0, 0.1) is 18.8 Å². The Labute approximate surface area is 215 Å². The van der Waals surface area contributed by atoms with E-state index in [1.165, 1.54) is 12.1 Å². The van der Waals surface area contributed by atoms with Crippen molar-refractivity contribution in [3.8, 4) is 11.8 Å². The van der Waals surface area contributed by atoms with E-state index < -0.39 is 11.7 Å². The van der Waals surface area contributed by atoms with Gasteiger partial charge in [-0.25, -0.2) is 9.50 Å². The maximum absolute atomic E-state index is 13.0. The zero-order valence-electron chi connectivity index (χ0n) is 20.4. The molecule has 0 atom stereocenters. The summed E-state index contributed by atoms with van der Waals surface area (Å²) >= 11 is 0. The number of rotatable bonds is 5. The number of aryl methyl sites for hydroxylation is 2. The first-order valence-electron chi connectivity index (χ1n) is 11.6. The molecule has 0 aliphatic rings. The lowest BCUT2D eigenvalue weighted by Crippen LogP contribution is -2.08. The second-order valence-corrected chi connectivity index (χ2v) is 8.73. The molecule has 0 bridgehead atoms. The van der Waals surface area contributed by atoms with Gasteiger partial charge < -0.3 is 5.32 Å². The Morgan fingerprint density at radius 3 is 2.66 bits per heavy atom. The van der Waals surface area contributed by atoms with Crippen LogP contribution in [0.2, 0.25) is 0 Å². The zero-order chi connectivity index (χ0) is 26.9. The van der Waals surface area contributed by atoms with E-state index in [-0.39, 0.29) is 12.2 Å². The van der Waals surface area contributed by atoms with Gasteiger partial charge in [-0.1, -0.05) is 36.3 Å². The summed E-state index contributed by atoms with van der Waals surface area (Å²) < 4.78 is 42.4. The van der Waals surface area contributed by atoms with Gasteiger partial charge in [0.15, 0.2) is 11.4 Å². The minimum Gasteiger partial charge on any atom is -0.350 e. The lowest BCUT2D eigenvalue weighted by molar-refractivity contribution is -0.137. The smallest absolute Gasteiger partial charge is 0.350 e. The Hall–Kier alpha value is -4.91. The number of imidazole rings is 1. The van der Waals surface area contributed by atoms with Gasteiger partial charge in [-0.05, 0) is 42.2 Å². The van der Waals surface area contributed by atoms with Crippen LogP contribution in [0.4, 0.5) is 24.5 Å². The lowest BCUT2D eigenvalue weighted by Gasteiger charge is -2.09. The third-order valence-corrected chi connectivity index (χ3v) is 5.89. The number of alkyl halides is 3. The van der Waals surface area contributed by atoms with Crippen LogP contribution in [-0.2, 0) is 19.6 Å². The van der Waals surface area contributed by atoms with Crippen LogP contribution < -0.4 is 5.32 Å². The SMILES string of the molecule is Cc1ccc(C(=O)Cc2cccc(C(F)(F)F)c2)cc1C#Cc1cnc2c(Nc3cnn(C)c3)ccnn12. The summed E-state index contributed by atoms with van der Waals surface area (Å²) in [7, 11) is 1.83. The zero-order valence-corrected chi connectivity index (χ0v) is 20.4. The van der Waals surface area contributed by atoms with Gasteiger partial charge in [-0.15, -0.1) is 0 Å². The van der Waals surface area contributed by atoms with Crippen LogP contribution in [0.3, 0.4) is 0 Å². The van der Waals surface area contributed by atoms with E-state index in [1.807, 2.05) is 20.2 Å². The van der Waals surface area contributed by atoms with Crippen LogP contribution in [-0.4, -0.2) is 30.2 Å². The van der Waals surface area contributed by atoms with Crippen molar-refractivity contribution in [2.24, 2.45) is 7.05 Å². The van der Waals surface area contributed by atoms with Gasteiger partial charge in [0.1, 0.15) is 5.69 Å². The van der Waals surface area contributed by atoms with Crippen molar-refractivity contribution in [1.82, 2.24) is 24.4 Å². The topological polar surface area (TPSA) is 77.1 Å². The summed E-state index contributed by atoms with van der Waals surface area (Å²) in [5.74, 6) is 5.85. The summed E-state index contributed by atoms with van der Waals surface area (Å²) in [5, 5.41) is 11.8. The summed E-state index contributed by atoms with van der Waals surface area (Å²) in [6.07, 6.45) is 2.17. The van der Waals surface area contributed by atoms with Gasteiger partial charge in [0.2, 0.25) is 0 Å². The standard InChI is InChI=1S/C28H21F3N6O/c1-18-6-7-21(26(38)13-19-4-3-5-22(12-19)28(29,30)31)14-20(18)8-9-24-16-32-27-25(10-11-33-37(24)27)35-23-15-34-36(2)17-23/h3-7,10-12,14-17,35H,13H2,1-2H3. The summed E-state index contributed by atoms with van der Waals surface area (Å²) in [6, 6.07) is 11.7.